The molecule has 0 amide bonds. The van der Waals surface area contributed by atoms with Gasteiger partial charge in [0, 0.05) is 3.57 Å². The molecule has 0 atom stereocenters. The second-order valence-corrected chi connectivity index (χ2v) is 6.44. The molecule has 2 rings (SSSR count). The number of phenolic OH excluding ortho intramolecular Hbond substituents is 1. The van der Waals surface area contributed by atoms with E-state index in [9.17, 15) is 5.11 Å². The Morgan fingerprint density at radius 2 is 1.32 bits per heavy atom. The average Bonchev–Trinajstić information content (AvgIpc) is 2.33. The normalized spacial score (nSPS) is 10.8. The van der Waals surface area contributed by atoms with Crippen molar-refractivity contribution >= 4 is 22.6 Å². The van der Waals surface area contributed by atoms with Crippen molar-refractivity contribution in [3.63, 3.8) is 0 Å². The zero-order valence-corrected chi connectivity index (χ0v) is 14.0. The summed E-state index contributed by atoms with van der Waals surface area (Å²) in [5, 5.41) is 9.82. The fourth-order valence-corrected chi connectivity index (χ4v) is 3.20. The third kappa shape index (κ3) is 3.11. The van der Waals surface area contributed by atoms with Crippen LogP contribution in [0.3, 0.4) is 0 Å². The Kier molecular flexibility index (Phi) is 4.19. The quantitative estimate of drug-likeness (QED) is 0.756. The van der Waals surface area contributed by atoms with Crippen molar-refractivity contribution in [3.05, 3.63) is 61.2 Å². The SMILES string of the molecule is Cc1cc(Cc2cc(C)c(O)c(C)c2)cc(I)c1C. The minimum Gasteiger partial charge on any atom is -0.507 e. The zero-order chi connectivity index (χ0) is 14.2. The molecule has 0 unspecified atom stereocenters. The smallest absolute Gasteiger partial charge is 0.121 e. The van der Waals surface area contributed by atoms with Crippen LogP contribution in [0.2, 0.25) is 0 Å². The van der Waals surface area contributed by atoms with Gasteiger partial charge in [-0.3, -0.25) is 0 Å². The Morgan fingerprint density at radius 1 is 0.842 bits per heavy atom. The van der Waals surface area contributed by atoms with Gasteiger partial charge in [-0.25, -0.2) is 0 Å². The Hall–Kier alpha value is -1.03. The van der Waals surface area contributed by atoms with Gasteiger partial charge in [0.25, 0.3) is 0 Å². The molecule has 100 valence electrons. The summed E-state index contributed by atoms with van der Waals surface area (Å²) >= 11 is 2.40. The predicted molar refractivity (Wildman–Crippen MR) is 89.0 cm³/mol. The van der Waals surface area contributed by atoms with E-state index in [1.807, 2.05) is 13.8 Å². The third-order valence-electron chi connectivity index (χ3n) is 3.62. The minimum atomic E-state index is 0.415. The van der Waals surface area contributed by atoms with Crippen molar-refractivity contribution in [2.24, 2.45) is 0 Å². The Bertz CT molecular complexity index is 528. The zero-order valence-electron chi connectivity index (χ0n) is 11.8. The number of halogens is 1. The Balaban J connectivity index is 2.36. The van der Waals surface area contributed by atoms with Crippen molar-refractivity contribution in [2.45, 2.75) is 34.1 Å². The first-order valence-corrected chi connectivity index (χ1v) is 7.51. The van der Waals surface area contributed by atoms with Gasteiger partial charge in [0.2, 0.25) is 0 Å². The Morgan fingerprint density at radius 3 is 1.84 bits per heavy atom. The van der Waals surface area contributed by atoms with Crippen LogP contribution in [-0.4, -0.2) is 5.11 Å². The molecule has 0 aliphatic heterocycles. The molecule has 0 aromatic heterocycles. The monoisotopic (exact) mass is 366 g/mol. The van der Waals surface area contributed by atoms with E-state index in [0.29, 0.717) is 5.75 Å². The van der Waals surface area contributed by atoms with E-state index in [-0.39, 0.29) is 0 Å². The summed E-state index contributed by atoms with van der Waals surface area (Å²) in [6.07, 6.45) is 0.916. The number of aryl methyl sites for hydroxylation is 3. The number of rotatable bonds is 2. The lowest BCUT2D eigenvalue weighted by molar-refractivity contribution is 0.466. The highest BCUT2D eigenvalue weighted by atomic mass is 127. The molecule has 2 aromatic carbocycles. The number of hydrogen-bond donors (Lipinski definition) is 1. The van der Waals surface area contributed by atoms with E-state index in [1.54, 1.807) is 0 Å². The van der Waals surface area contributed by atoms with Gasteiger partial charge >= 0.3 is 0 Å². The van der Waals surface area contributed by atoms with Crippen LogP contribution in [-0.2, 0) is 6.42 Å². The van der Waals surface area contributed by atoms with Crippen LogP contribution in [0.15, 0.2) is 24.3 Å². The highest BCUT2D eigenvalue weighted by Crippen LogP contribution is 2.25. The lowest BCUT2D eigenvalue weighted by atomic mass is 9.97. The summed E-state index contributed by atoms with van der Waals surface area (Å²) in [5.41, 5.74) is 7.20. The minimum absolute atomic E-state index is 0.415. The van der Waals surface area contributed by atoms with Gasteiger partial charge in [-0.1, -0.05) is 18.2 Å². The molecule has 0 saturated heterocycles. The van der Waals surface area contributed by atoms with Crippen LogP contribution < -0.4 is 0 Å². The van der Waals surface area contributed by atoms with E-state index in [2.05, 4.69) is 60.7 Å². The van der Waals surface area contributed by atoms with Gasteiger partial charge in [0.05, 0.1) is 0 Å². The first kappa shape index (κ1) is 14.4. The maximum atomic E-state index is 9.82. The Labute approximate surface area is 128 Å². The molecule has 0 aliphatic carbocycles. The lowest BCUT2D eigenvalue weighted by Crippen LogP contribution is -1.95. The van der Waals surface area contributed by atoms with Crippen LogP contribution in [0.5, 0.6) is 5.75 Å². The van der Waals surface area contributed by atoms with Gasteiger partial charge in [-0.2, -0.15) is 0 Å². The van der Waals surface area contributed by atoms with Gasteiger partial charge in [0.15, 0.2) is 0 Å². The molecule has 0 saturated carbocycles. The standard InChI is InChI=1S/C17H19IO/c1-10-5-15(9-16(18)13(10)4)8-14-6-11(2)17(19)12(3)7-14/h5-7,9,19H,8H2,1-4H3. The van der Waals surface area contributed by atoms with E-state index in [4.69, 9.17) is 0 Å². The molecule has 1 nitrogen and oxygen atoms in total. The molecule has 19 heavy (non-hydrogen) atoms. The lowest BCUT2D eigenvalue weighted by Gasteiger charge is -2.11. The van der Waals surface area contributed by atoms with E-state index in [0.717, 1.165) is 17.5 Å². The first-order chi connectivity index (χ1) is 8.88. The van der Waals surface area contributed by atoms with E-state index >= 15 is 0 Å². The topological polar surface area (TPSA) is 20.2 Å². The largest absolute Gasteiger partial charge is 0.507 e. The molecule has 0 heterocycles. The predicted octanol–water partition coefficient (Wildman–Crippen LogP) is 4.82. The summed E-state index contributed by atoms with van der Waals surface area (Å²) in [4.78, 5) is 0. The highest BCUT2D eigenvalue weighted by molar-refractivity contribution is 14.1. The van der Waals surface area contributed by atoms with Crippen LogP contribution in [0.4, 0.5) is 0 Å². The van der Waals surface area contributed by atoms with Gasteiger partial charge in [-0.15, -0.1) is 0 Å². The van der Waals surface area contributed by atoms with Crippen LogP contribution in [0.1, 0.15) is 33.4 Å². The highest BCUT2D eigenvalue weighted by Gasteiger charge is 2.06. The summed E-state index contributed by atoms with van der Waals surface area (Å²) in [5.74, 6) is 0.415. The van der Waals surface area contributed by atoms with Crippen molar-refractivity contribution in [1.29, 1.82) is 0 Å². The molecule has 2 aromatic rings. The number of benzene rings is 2. The number of hydrogen-bond acceptors (Lipinski definition) is 1. The maximum Gasteiger partial charge on any atom is 0.121 e. The van der Waals surface area contributed by atoms with E-state index < -0.39 is 0 Å². The molecular formula is C17H19IO. The molecule has 0 aliphatic rings. The van der Waals surface area contributed by atoms with Crippen molar-refractivity contribution in [2.75, 3.05) is 0 Å². The molecule has 0 bridgehead atoms. The van der Waals surface area contributed by atoms with Crippen molar-refractivity contribution in [3.8, 4) is 5.75 Å². The van der Waals surface area contributed by atoms with Crippen molar-refractivity contribution in [1.82, 2.24) is 0 Å². The second kappa shape index (κ2) is 5.53. The number of phenols is 1. The van der Waals surface area contributed by atoms with Crippen molar-refractivity contribution < 1.29 is 5.11 Å². The van der Waals surface area contributed by atoms with Crippen LogP contribution in [0, 0.1) is 31.3 Å². The first-order valence-electron chi connectivity index (χ1n) is 6.43. The summed E-state index contributed by atoms with van der Waals surface area (Å²) in [6, 6.07) is 8.66. The van der Waals surface area contributed by atoms with Gasteiger partial charge in [0.1, 0.15) is 5.75 Å². The van der Waals surface area contributed by atoms with E-state index in [1.165, 1.54) is 25.8 Å². The maximum absolute atomic E-state index is 9.82. The third-order valence-corrected chi connectivity index (χ3v) is 4.74. The van der Waals surface area contributed by atoms with Crippen LogP contribution in [0.25, 0.3) is 0 Å². The molecular weight excluding hydrogens is 347 g/mol. The summed E-state index contributed by atoms with van der Waals surface area (Å²) < 4.78 is 1.32. The molecule has 0 radical (unpaired) electrons. The molecule has 2 heteroatoms. The summed E-state index contributed by atoms with van der Waals surface area (Å²) in [7, 11) is 0. The fourth-order valence-electron chi connectivity index (χ4n) is 2.37. The summed E-state index contributed by atoms with van der Waals surface area (Å²) in [6.45, 7) is 8.23. The number of aromatic hydroxyl groups is 1. The molecule has 1 N–H and O–H groups in total. The van der Waals surface area contributed by atoms with Gasteiger partial charge in [-0.05, 0) is 96.2 Å². The van der Waals surface area contributed by atoms with Gasteiger partial charge < -0.3 is 5.11 Å². The fraction of sp³-hybridized carbons (Fsp3) is 0.294. The van der Waals surface area contributed by atoms with Crippen LogP contribution >= 0.6 is 22.6 Å². The second-order valence-electron chi connectivity index (χ2n) is 5.27. The average molecular weight is 366 g/mol. The molecule has 0 spiro atoms. The molecule has 0 fully saturated rings.